The summed E-state index contributed by atoms with van der Waals surface area (Å²) in [5, 5.41) is 8.95. The van der Waals surface area contributed by atoms with E-state index in [-0.39, 0.29) is 0 Å². The van der Waals surface area contributed by atoms with E-state index < -0.39 is 48.1 Å². The molecule has 1 heterocycles. The Morgan fingerprint density at radius 3 is 2.19 bits per heavy atom. The summed E-state index contributed by atoms with van der Waals surface area (Å²) in [5.41, 5.74) is -0.594. The van der Waals surface area contributed by atoms with E-state index in [1.807, 2.05) is 0 Å². The number of esters is 1. The van der Waals surface area contributed by atoms with Crippen LogP contribution in [-0.2, 0) is 14.3 Å². The molecule has 2 unspecified atom stereocenters. The standard InChI is InChI=1S/C10H9F7O4/c1-4(2)5(18)21-6-7(11,12)3-20-9(19,8(6,13)14)10(15,16)17/h6,19H,1,3H2,2H3. The first-order valence-corrected chi connectivity index (χ1v) is 5.22. The Bertz CT molecular complexity index is 459. The van der Waals surface area contributed by atoms with E-state index in [0.29, 0.717) is 0 Å². The zero-order chi connectivity index (χ0) is 16.9. The van der Waals surface area contributed by atoms with E-state index >= 15 is 0 Å². The molecule has 1 aliphatic heterocycles. The Morgan fingerprint density at radius 2 is 1.81 bits per heavy atom. The van der Waals surface area contributed by atoms with Crippen molar-refractivity contribution < 1.29 is 50.1 Å². The zero-order valence-electron chi connectivity index (χ0n) is 10.3. The highest BCUT2D eigenvalue weighted by Gasteiger charge is 2.81. The Kier molecular flexibility index (Phi) is 4.07. The normalized spacial score (nSPS) is 31.6. The Hall–Kier alpha value is -1.36. The van der Waals surface area contributed by atoms with Gasteiger partial charge in [-0.15, -0.1) is 0 Å². The molecule has 1 saturated heterocycles. The van der Waals surface area contributed by atoms with E-state index in [1.54, 1.807) is 0 Å². The minimum atomic E-state index is -6.10. The van der Waals surface area contributed by atoms with Crippen LogP contribution in [0.3, 0.4) is 0 Å². The fraction of sp³-hybridized carbons (Fsp3) is 0.700. The number of carbonyl (C=O) groups excluding carboxylic acids is 1. The highest BCUT2D eigenvalue weighted by Crippen LogP contribution is 2.52. The summed E-state index contributed by atoms with van der Waals surface area (Å²) in [7, 11) is 0. The van der Waals surface area contributed by atoms with Crippen LogP contribution in [0.2, 0.25) is 0 Å². The van der Waals surface area contributed by atoms with Crippen molar-refractivity contribution in [1.82, 2.24) is 0 Å². The van der Waals surface area contributed by atoms with Gasteiger partial charge in [0, 0.05) is 5.57 Å². The van der Waals surface area contributed by atoms with Gasteiger partial charge in [-0.1, -0.05) is 6.58 Å². The van der Waals surface area contributed by atoms with Gasteiger partial charge in [-0.05, 0) is 6.92 Å². The molecule has 0 amide bonds. The summed E-state index contributed by atoms with van der Waals surface area (Å²) in [6.07, 6.45) is -9.96. The van der Waals surface area contributed by atoms with Gasteiger partial charge in [0.05, 0.1) is 0 Å². The predicted octanol–water partition coefficient (Wildman–Crippen LogP) is 2.03. The van der Waals surface area contributed by atoms with Crippen molar-refractivity contribution in [3.63, 3.8) is 0 Å². The van der Waals surface area contributed by atoms with Gasteiger partial charge in [0.1, 0.15) is 6.61 Å². The number of rotatable bonds is 2. The second-order valence-electron chi connectivity index (χ2n) is 4.38. The molecule has 2 atom stereocenters. The molecule has 0 bridgehead atoms. The second-order valence-corrected chi connectivity index (χ2v) is 4.38. The summed E-state index contributed by atoms with van der Waals surface area (Å²) in [6, 6.07) is 0. The average Bonchev–Trinajstić information content (AvgIpc) is 2.28. The lowest BCUT2D eigenvalue weighted by Crippen LogP contribution is -2.73. The van der Waals surface area contributed by atoms with Gasteiger partial charge in [0.15, 0.2) is 0 Å². The van der Waals surface area contributed by atoms with Gasteiger partial charge in [0.25, 0.3) is 0 Å². The van der Waals surface area contributed by atoms with Crippen LogP contribution in [0.5, 0.6) is 0 Å². The minimum absolute atomic E-state index is 0.594. The van der Waals surface area contributed by atoms with Crippen molar-refractivity contribution in [3.05, 3.63) is 12.2 Å². The van der Waals surface area contributed by atoms with Crippen LogP contribution in [0.4, 0.5) is 30.7 Å². The molecule has 0 aromatic heterocycles. The fourth-order valence-corrected chi connectivity index (χ4v) is 1.45. The van der Waals surface area contributed by atoms with Crippen LogP contribution in [-0.4, -0.2) is 47.6 Å². The molecule has 122 valence electrons. The van der Waals surface area contributed by atoms with E-state index in [4.69, 9.17) is 5.11 Å². The quantitative estimate of drug-likeness (QED) is 0.479. The summed E-state index contributed by atoms with van der Waals surface area (Å²) in [6.45, 7) is 1.62. The van der Waals surface area contributed by atoms with Crippen LogP contribution in [0.25, 0.3) is 0 Å². The van der Waals surface area contributed by atoms with Crippen molar-refractivity contribution in [2.45, 2.75) is 36.8 Å². The maximum absolute atomic E-state index is 13.7. The Balaban J connectivity index is 3.29. The molecule has 1 fully saturated rings. The van der Waals surface area contributed by atoms with Gasteiger partial charge in [-0.25, -0.2) is 4.79 Å². The first-order chi connectivity index (χ1) is 9.17. The third-order valence-corrected chi connectivity index (χ3v) is 2.60. The van der Waals surface area contributed by atoms with E-state index in [1.165, 1.54) is 0 Å². The predicted molar refractivity (Wildman–Crippen MR) is 51.5 cm³/mol. The van der Waals surface area contributed by atoms with Gasteiger partial charge in [-0.2, -0.15) is 30.7 Å². The monoisotopic (exact) mass is 326 g/mol. The minimum Gasteiger partial charge on any atom is -0.446 e. The van der Waals surface area contributed by atoms with E-state index in [2.05, 4.69) is 16.1 Å². The first-order valence-electron chi connectivity index (χ1n) is 5.22. The smallest absolute Gasteiger partial charge is 0.446 e. The van der Waals surface area contributed by atoms with E-state index in [9.17, 15) is 35.5 Å². The van der Waals surface area contributed by atoms with Crippen molar-refractivity contribution in [3.8, 4) is 0 Å². The van der Waals surface area contributed by atoms with E-state index in [0.717, 1.165) is 6.92 Å². The second kappa shape index (κ2) is 4.83. The molecule has 11 heteroatoms. The number of aliphatic hydroxyl groups is 1. The van der Waals surface area contributed by atoms with Crippen molar-refractivity contribution >= 4 is 5.97 Å². The lowest BCUT2D eigenvalue weighted by atomic mass is 9.94. The van der Waals surface area contributed by atoms with Gasteiger partial charge in [0.2, 0.25) is 6.10 Å². The summed E-state index contributed by atoms with van der Waals surface area (Å²) in [4.78, 5) is 11.1. The van der Waals surface area contributed by atoms with Gasteiger partial charge < -0.3 is 14.6 Å². The molecule has 0 saturated carbocycles. The molecule has 0 aliphatic carbocycles. The summed E-state index contributed by atoms with van der Waals surface area (Å²) < 4.78 is 98.4. The van der Waals surface area contributed by atoms with Crippen LogP contribution >= 0.6 is 0 Å². The highest BCUT2D eigenvalue weighted by atomic mass is 19.4. The molecule has 0 radical (unpaired) electrons. The van der Waals surface area contributed by atoms with Crippen molar-refractivity contribution in [2.24, 2.45) is 0 Å². The van der Waals surface area contributed by atoms with Gasteiger partial charge >= 0.3 is 29.8 Å². The maximum Gasteiger partial charge on any atom is 0.449 e. The number of ether oxygens (including phenoxy) is 2. The molecule has 1 aliphatic rings. The summed E-state index contributed by atoms with van der Waals surface area (Å²) in [5.74, 6) is -17.3. The molecular weight excluding hydrogens is 317 g/mol. The van der Waals surface area contributed by atoms with Crippen LogP contribution < -0.4 is 0 Å². The van der Waals surface area contributed by atoms with Gasteiger partial charge in [-0.3, -0.25) is 0 Å². The molecule has 0 aromatic carbocycles. The fourth-order valence-electron chi connectivity index (χ4n) is 1.45. The number of hydrogen-bond donors (Lipinski definition) is 1. The molecule has 4 nitrogen and oxygen atoms in total. The molecular formula is C10H9F7O4. The maximum atomic E-state index is 13.7. The summed E-state index contributed by atoms with van der Waals surface area (Å²) >= 11 is 0. The zero-order valence-corrected chi connectivity index (χ0v) is 10.3. The molecule has 0 aromatic rings. The number of hydrogen-bond acceptors (Lipinski definition) is 4. The Morgan fingerprint density at radius 1 is 1.33 bits per heavy atom. The number of halogens is 7. The highest BCUT2D eigenvalue weighted by molar-refractivity contribution is 5.87. The lowest BCUT2D eigenvalue weighted by Gasteiger charge is -2.46. The third-order valence-electron chi connectivity index (χ3n) is 2.60. The topological polar surface area (TPSA) is 55.8 Å². The molecule has 21 heavy (non-hydrogen) atoms. The SMILES string of the molecule is C=C(C)C(=O)OC1C(F)(F)COC(O)(C(F)(F)F)C1(F)F. The van der Waals surface area contributed by atoms with Crippen LogP contribution in [0.15, 0.2) is 12.2 Å². The molecule has 0 spiro atoms. The largest absolute Gasteiger partial charge is 0.449 e. The molecule has 1 N–H and O–H groups in total. The lowest BCUT2D eigenvalue weighted by molar-refractivity contribution is -0.479. The number of alkyl halides is 7. The first kappa shape index (κ1) is 17.7. The van der Waals surface area contributed by atoms with Crippen LogP contribution in [0, 0.1) is 0 Å². The van der Waals surface area contributed by atoms with Crippen LogP contribution in [0.1, 0.15) is 6.92 Å². The number of carbonyl (C=O) groups is 1. The van der Waals surface area contributed by atoms with Crippen molar-refractivity contribution in [1.29, 1.82) is 0 Å². The Labute approximate surface area is 113 Å². The average molecular weight is 326 g/mol. The molecule has 1 rings (SSSR count). The van der Waals surface area contributed by atoms with Crippen molar-refractivity contribution in [2.75, 3.05) is 6.61 Å². The third kappa shape index (κ3) is 2.71.